The van der Waals surface area contributed by atoms with Gasteiger partial charge in [0, 0.05) is 10.9 Å². The van der Waals surface area contributed by atoms with Crippen LogP contribution in [0.15, 0.2) is 29.8 Å². The molecule has 0 aromatic heterocycles. The summed E-state index contributed by atoms with van der Waals surface area (Å²) in [4.78, 5) is 0. The lowest BCUT2D eigenvalue weighted by atomic mass is 10.0. The van der Waals surface area contributed by atoms with Crippen molar-refractivity contribution in [2.24, 2.45) is 0 Å². The summed E-state index contributed by atoms with van der Waals surface area (Å²) in [5.74, 6) is 1.57. The first-order valence-electron chi connectivity index (χ1n) is 6.10. The number of methoxy groups -OCH3 is 2. The van der Waals surface area contributed by atoms with E-state index in [-0.39, 0.29) is 5.75 Å². The van der Waals surface area contributed by atoms with Crippen LogP contribution in [0.25, 0.3) is 16.8 Å². The van der Waals surface area contributed by atoms with Crippen molar-refractivity contribution < 1.29 is 14.6 Å². The van der Waals surface area contributed by atoms with Gasteiger partial charge in [0.25, 0.3) is 0 Å². The van der Waals surface area contributed by atoms with E-state index in [1.54, 1.807) is 20.3 Å². The summed E-state index contributed by atoms with van der Waals surface area (Å²) >= 11 is 0. The highest BCUT2D eigenvalue weighted by molar-refractivity contribution is 6.00. The number of ether oxygens (including phenoxy) is 2. The lowest BCUT2D eigenvalue weighted by molar-refractivity contribution is 0.407. The van der Waals surface area contributed by atoms with Crippen molar-refractivity contribution >= 4 is 16.8 Å². The highest BCUT2D eigenvalue weighted by atomic mass is 16.5. The number of allylic oxidation sites excluding steroid dienone is 1. The largest absolute Gasteiger partial charge is 0.507 e. The number of phenols is 1. The molecule has 0 radical (unpaired) electrons. The van der Waals surface area contributed by atoms with E-state index in [9.17, 15) is 5.11 Å². The van der Waals surface area contributed by atoms with E-state index >= 15 is 0 Å². The van der Waals surface area contributed by atoms with Crippen molar-refractivity contribution in [1.82, 2.24) is 0 Å². The Morgan fingerprint density at radius 1 is 1.00 bits per heavy atom. The van der Waals surface area contributed by atoms with Crippen LogP contribution in [0, 0.1) is 0 Å². The van der Waals surface area contributed by atoms with Gasteiger partial charge in [0.15, 0.2) is 0 Å². The van der Waals surface area contributed by atoms with Crippen molar-refractivity contribution in [2.45, 2.75) is 13.8 Å². The van der Waals surface area contributed by atoms with Crippen molar-refractivity contribution in [1.29, 1.82) is 0 Å². The Hall–Kier alpha value is -2.16. The van der Waals surface area contributed by atoms with Crippen LogP contribution >= 0.6 is 0 Å². The number of hydrogen-bond donors (Lipinski definition) is 1. The molecule has 100 valence electrons. The Morgan fingerprint density at radius 2 is 1.63 bits per heavy atom. The molecule has 2 aromatic rings. The molecule has 0 fully saturated rings. The van der Waals surface area contributed by atoms with Crippen LogP contribution in [-0.4, -0.2) is 19.3 Å². The number of phenolic OH excluding ortho intramolecular Hbond substituents is 1. The Bertz CT molecular complexity index is 638. The van der Waals surface area contributed by atoms with Gasteiger partial charge in [0.05, 0.1) is 19.6 Å². The number of fused-ring (bicyclic) bond motifs is 1. The SMILES string of the molecule is COc1ccc(OC)c2c(O)c(C=C(C)C)ccc12. The standard InChI is InChI=1S/C16H18O3/c1-10(2)9-11-5-6-12-13(18-3)7-8-14(19-4)15(12)16(11)17/h5-9,17H,1-4H3. The molecule has 0 aliphatic rings. The molecule has 0 saturated heterocycles. The molecule has 3 heteroatoms. The predicted molar refractivity (Wildman–Crippen MR) is 78.0 cm³/mol. The maximum absolute atomic E-state index is 10.5. The summed E-state index contributed by atoms with van der Waals surface area (Å²) in [7, 11) is 3.20. The molecule has 1 N–H and O–H groups in total. The average molecular weight is 258 g/mol. The molecule has 0 aliphatic carbocycles. The van der Waals surface area contributed by atoms with Gasteiger partial charge in [0.1, 0.15) is 17.2 Å². The van der Waals surface area contributed by atoms with Crippen LogP contribution in [0.1, 0.15) is 19.4 Å². The van der Waals surface area contributed by atoms with Gasteiger partial charge in [-0.1, -0.05) is 17.7 Å². The molecule has 19 heavy (non-hydrogen) atoms. The van der Waals surface area contributed by atoms with Crippen molar-refractivity contribution in [3.63, 3.8) is 0 Å². The number of aromatic hydroxyl groups is 1. The van der Waals surface area contributed by atoms with Crippen LogP contribution in [0.2, 0.25) is 0 Å². The normalized spacial score (nSPS) is 10.3. The summed E-state index contributed by atoms with van der Waals surface area (Å²) in [5, 5.41) is 12.0. The van der Waals surface area contributed by atoms with E-state index in [0.29, 0.717) is 11.1 Å². The van der Waals surface area contributed by atoms with Crippen LogP contribution < -0.4 is 9.47 Å². The Balaban J connectivity index is 2.83. The first-order chi connectivity index (χ1) is 9.08. The number of benzene rings is 2. The third kappa shape index (κ3) is 2.36. The van der Waals surface area contributed by atoms with Gasteiger partial charge in [-0.05, 0) is 32.0 Å². The quantitative estimate of drug-likeness (QED) is 0.904. The maximum atomic E-state index is 10.5. The highest BCUT2D eigenvalue weighted by Gasteiger charge is 2.13. The lowest BCUT2D eigenvalue weighted by Crippen LogP contribution is -1.91. The maximum Gasteiger partial charge on any atom is 0.134 e. The second-order valence-corrected chi connectivity index (χ2v) is 4.62. The topological polar surface area (TPSA) is 38.7 Å². The van der Waals surface area contributed by atoms with Gasteiger partial charge < -0.3 is 14.6 Å². The second kappa shape index (κ2) is 5.22. The fourth-order valence-electron chi connectivity index (χ4n) is 2.16. The minimum absolute atomic E-state index is 0.217. The predicted octanol–water partition coefficient (Wildman–Crippen LogP) is 3.99. The molecule has 0 amide bonds. The van der Waals surface area contributed by atoms with E-state index in [1.807, 2.05) is 38.1 Å². The fourth-order valence-corrected chi connectivity index (χ4v) is 2.16. The third-order valence-electron chi connectivity index (χ3n) is 2.99. The van der Waals surface area contributed by atoms with E-state index in [0.717, 1.165) is 22.3 Å². The molecule has 0 aliphatic heterocycles. The highest BCUT2D eigenvalue weighted by Crippen LogP contribution is 2.41. The van der Waals surface area contributed by atoms with Gasteiger partial charge in [-0.15, -0.1) is 0 Å². The summed E-state index contributed by atoms with van der Waals surface area (Å²) in [5.41, 5.74) is 1.90. The van der Waals surface area contributed by atoms with E-state index < -0.39 is 0 Å². The molecule has 0 spiro atoms. The minimum Gasteiger partial charge on any atom is -0.507 e. The molecular formula is C16H18O3. The molecule has 0 unspecified atom stereocenters. The number of hydrogen-bond acceptors (Lipinski definition) is 3. The Kier molecular flexibility index (Phi) is 3.65. The second-order valence-electron chi connectivity index (χ2n) is 4.62. The van der Waals surface area contributed by atoms with Crippen LogP contribution in [0.3, 0.4) is 0 Å². The molecule has 0 saturated carbocycles. The summed E-state index contributed by atoms with van der Waals surface area (Å²) in [6.07, 6.45) is 1.94. The lowest BCUT2D eigenvalue weighted by Gasteiger charge is -2.12. The first kappa shape index (κ1) is 13.3. The average Bonchev–Trinajstić information content (AvgIpc) is 2.40. The molecular weight excluding hydrogens is 240 g/mol. The van der Waals surface area contributed by atoms with Gasteiger partial charge >= 0.3 is 0 Å². The van der Waals surface area contributed by atoms with E-state index in [1.165, 1.54) is 0 Å². The number of rotatable bonds is 3. The monoisotopic (exact) mass is 258 g/mol. The molecule has 2 rings (SSSR count). The third-order valence-corrected chi connectivity index (χ3v) is 2.99. The fraction of sp³-hybridized carbons (Fsp3) is 0.250. The molecule has 0 bridgehead atoms. The van der Waals surface area contributed by atoms with Gasteiger partial charge in [-0.25, -0.2) is 0 Å². The molecule has 0 heterocycles. The zero-order valence-electron chi connectivity index (χ0n) is 11.7. The van der Waals surface area contributed by atoms with Crippen molar-refractivity contribution in [3.8, 4) is 17.2 Å². The van der Waals surface area contributed by atoms with E-state index in [2.05, 4.69) is 0 Å². The van der Waals surface area contributed by atoms with E-state index in [4.69, 9.17) is 9.47 Å². The van der Waals surface area contributed by atoms with Crippen LogP contribution in [0.5, 0.6) is 17.2 Å². The summed E-state index contributed by atoms with van der Waals surface area (Å²) < 4.78 is 10.7. The molecule has 0 atom stereocenters. The first-order valence-corrected chi connectivity index (χ1v) is 6.10. The minimum atomic E-state index is 0.217. The zero-order chi connectivity index (χ0) is 14.0. The smallest absolute Gasteiger partial charge is 0.134 e. The summed E-state index contributed by atoms with van der Waals surface area (Å²) in [6, 6.07) is 7.45. The zero-order valence-corrected chi connectivity index (χ0v) is 11.7. The Morgan fingerprint density at radius 3 is 2.21 bits per heavy atom. The molecule has 2 aromatic carbocycles. The van der Waals surface area contributed by atoms with Crippen LogP contribution in [0.4, 0.5) is 0 Å². The summed E-state index contributed by atoms with van der Waals surface area (Å²) in [6.45, 7) is 3.99. The van der Waals surface area contributed by atoms with Crippen LogP contribution in [-0.2, 0) is 0 Å². The molecule has 3 nitrogen and oxygen atoms in total. The Labute approximate surface area is 113 Å². The van der Waals surface area contributed by atoms with Crippen molar-refractivity contribution in [3.05, 3.63) is 35.4 Å². The van der Waals surface area contributed by atoms with Crippen molar-refractivity contribution in [2.75, 3.05) is 14.2 Å². The van der Waals surface area contributed by atoms with Gasteiger partial charge in [-0.2, -0.15) is 0 Å². The van der Waals surface area contributed by atoms with Gasteiger partial charge in [-0.3, -0.25) is 0 Å². The van der Waals surface area contributed by atoms with Gasteiger partial charge in [0.2, 0.25) is 0 Å².